The number of aliphatic carboxylic acids is 1. The maximum Gasteiger partial charge on any atom is 0.416 e. The zero-order valence-electron chi connectivity index (χ0n) is 11.1. The Balaban J connectivity index is 2.58. The van der Waals surface area contributed by atoms with Crippen LogP contribution in [0.2, 0.25) is 0 Å². The summed E-state index contributed by atoms with van der Waals surface area (Å²) in [7, 11) is 0. The Hall–Kier alpha value is -2.09. The van der Waals surface area contributed by atoms with E-state index in [4.69, 9.17) is 5.11 Å². The molecule has 0 saturated carbocycles. The van der Waals surface area contributed by atoms with Crippen molar-refractivity contribution in [1.82, 2.24) is 5.32 Å². The molecule has 3 N–H and O–H groups in total. The SMILES string of the molecule is CC(O)(CNC(=O)Cc1ccc(C(F)(F)F)cc1)C(=O)O. The molecule has 1 aromatic carbocycles. The van der Waals surface area contributed by atoms with Crippen molar-refractivity contribution in [2.24, 2.45) is 0 Å². The Morgan fingerprint density at radius 3 is 2.14 bits per heavy atom. The van der Waals surface area contributed by atoms with Gasteiger partial charge in [-0.2, -0.15) is 13.2 Å². The van der Waals surface area contributed by atoms with E-state index in [2.05, 4.69) is 5.32 Å². The van der Waals surface area contributed by atoms with E-state index >= 15 is 0 Å². The molecule has 1 aromatic rings. The number of carboxylic acid groups (broad SMARTS) is 1. The van der Waals surface area contributed by atoms with Crippen LogP contribution in [0.5, 0.6) is 0 Å². The zero-order chi connectivity index (χ0) is 16.3. The Kier molecular flexibility index (Phi) is 4.95. The number of halogens is 3. The summed E-state index contributed by atoms with van der Waals surface area (Å²) in [5.41, 5.74) is -2.58. The highest BCUT2D eigenvalue weighted by Gasteiger charge is 2.31. The minimum absolute atomic E-state index is 0.214. The molecule has 0 bridgehead atoms. The third kappa shape index (κ3) is 5.07. The van der Waals surface area contributed by atoms with Gasteiger partial charge in [-0.1, -0.05) is 12.1 Å². The lowest BCUT2D eigenvalue weighted by Crippen LogP contribution is -2.46. The third-order valence-corrected chi connectivity index (χ3v) is 2.74. The largest absolute Gasteiger partial charge is 0.479 e. The molecular weight excluding hydrogens is 291 g/mol. The molecule has 0 radical (unpaired) electrons. The van der Waals surface area contributed by atoms with E-state index < -0.39 is 35.8 Å². The van der Waals surface area contributed by atoms with Crippen molar-refractivity contribution in [1.29, 1.82) is 0 Å². The van der Waals surface area contributed by atoms with Crippen LogP contribution in [0.25, 0.3) is 0 Å². The van der Waals surface area contributed by atoms with Crippen molar-refractivity contribution in [3.8, 4) is 0 Å². The van der Waals surface area contributed by atoms with E-state index in [9.17, 15) is 27.9 Å². The zero-order valence-corrected chi connectivity index (χ0v) is 11.1. The van der Waals surface area contributed by atoms with Gasteiger partial charge in [0.15, 0.2) is 5.60 Å². The lowest BCUT2D eigenvalue weighted by atomic mass is 10.1. The van der Waals surface area contributed by atoms with E-state index in [1.807, 2.05) is 0 Å². The molecule has 0 aromatic heterocycles. The number of benzene rings is 1. The number of hydrogen-bond donors (Lipinski definition) is 3. The van der Waals surface area contributed by atoms with Crippen molar-refractivity contribution in [3.63, 3.8) is 0 Å². The molecule has 8 heteroatoms. The summed E-state index contributed by atoms with van der Waals surface area (Å²) >= 11 is 0. The first-order valence-corrected chi connectivity index (χ1v) is 5.91. The second-order valence-corrected chi connectivity index (χ2v) is 4.73. The first-order chi connectivity index (χ1) is 9.52. The Morgan fingerprint density at radius 1 is 1.19 bits per heavy atom. The third-order valence-electron chi connectivity index (χ3n) is 2.74. The fraction of sp³-hybridized carbons (Fsp3) is 0.385. The molecule has 0 heterocycles. The second kappa shape index (κ2) is 6.13. The van der Waals surface area contributed by atoms with Crippen molar-refractivity contribution in [2.75, 3.05) is 6.54 Å². The molecular formula is C13H14F3NO4. The first kappa shape index (κ1) is 17.0. The molecule has 0 spiro atoms. The van der Waals surface area contributed by atoms with Gasteiger partial charge in [0.25, 0.3) is 0 Å². The number of carboxylic acids is 1. The van der Waals surface area contributed by atoms with Gasteiger partial charge in [-0.05, 0) is 24.6 Å². The highest BCUT2D eigenvalue weighted by Crippen LogP contribution is 2.29. The van der Waals surface area contributed by atoms with Crippen molar-refractivity contribution >= 4 is 11.9 Å². The quantitative estimate of drug-likeness (QED) is 0.763. The summed E-state index contributed by atoms with van der Waals surface area (Å²) in [5, 5.41) is 20.2. The summed E-state index contributed by atoms with van der Waals surface area (Å²) in [6.45, 7) is 0.523. The standard InChI is InChI=1S/C13H14F3NO4/c1-12(21,11(19)20)7-17-10(18)6-8-2-4-9(5-3-8)13(14,15)16/h2-5,21H,6-7H2,1H3,(H,17,18)(H,19,20). The minimum Gasteiger partial charge on any atom is -0.479 e. The predicted octanol–water partition coefficient (Wildman–Crippen LogP) is 1.20. The van der Waals surface area contributed by atoms with Gasteiger partial charge in [-0.15, -0.1) is 0 Å². The normalized spacial score (nSPS) is 14.3. The highest BCUT2D eigenvalue weighted by atomic mass is 19.4. The van der Waals surface area contributed by atoms with Crippen molar-refractivity contribution < 1.29 is 33.0 Å². The van der Waals surface area contributed by atoms with Crippen LogP contribution in [-0.2, 0) is 22.2 Å². The molecule has 0 aliphatic carbocycles. The molecule has 0 aliphatic rings. The number of amides is 1. The topological polar surface area (TPSA) is 86.6 Å². The summed E-state index contributed by atoms with van der Waals surface area (Å²) in [5.74, 6) is -2.09. The van der Waals surface area contributed by atoms with E-state index in [1.165, 1.54) is 0 Å². The molecule has 21 heavy (non-hydrogen) atoms. The van der Waals surface area contributed by atoms with E-state index in [0.717, 1.165) is 31.2 Å². The number of rotatable bonds is 5. The van der Waals surface area contributed by atoms with Crippen LogP contribution in [0.3, 0.4) is 0 Å². The number of hydrogen-bond acceptors (Lipinski definition) is 3. The maximum atomic E-state index is 12.3. The monoisotopic (exact) mass is 305 g/mol. The number of carbonyl (C=O) groups is 2. The average molecular weight is 305 g/mol. The van der Waals surface area contributed by atoms with Crippen molar-refractivity contribution in [3.05, 3.63) is 35.4 Å². The minimum atomic E-state index is -4.44. The molecule has 1 amide bonds. The Morgan fingerprint density at radius 2 is 1.71 bits per heavy atom. The van der Waals surface area contributed by atoms with E-state index in [1.54, 1.807) is 0 Å². The highest BCUT2D eigenvalue weighted by molar-refractivity contribution is 5.81. The molecule has 0 saturated heterocycles. The summed E-state index contributed by atoms with van der Waals surface area (Å²) < 4.78 is 37.0. The average Bonchev–Trinajstić information content (AvgIpc) is 2.36. The summed E-state index contributed by atoms with van der Waals surface area (Å²) in [6.07, 6.45) is -4.66. The summed E-state index contributed by atoms with van der Waals surface area (Å²) in [4.78, 5) is 22.1. The van der Waals surface area contributed by atoms with Gasteiger partial charge in [0.1, 0.15) is 0 Å². The van der Waals surface area contributed by atoms with Crippen LogP contribution in [-0.4, -0.2) is 34.2 Å². The Bertz CT molecular complexity index is 523. The van der Waals surface area contributed by atoms with Gasteiger partial charge in [-0.3, -0.25) is 4.79 Å². The van der Waals surface area contributed by atoms with Gasteiger partial charge >= 0.3 is 12.1 Å². The molecule has 1 rings (SSSR count). The van der Waals surface area contributed by atoms with Crippen LogP contribution >= 0.6 is 0 Å². The van der Waals surface area contributed by atoms with Crippen LogP contribution in [0.1, 0.15) is 18.1 Å². The summed E-state index contributed by atoms with van der Waals surface area (Å²) in [6, 6.07) is 4.04. The molecule has 5 nitrogen and oxygen atoms in total. The van der Waals surface area contributed by atoms with Crippen LogP contribution in [0, 0.1) is 0 Å². The number of alkyl halides is 3. The molecule has 0 fully saturated rings. The molecule has 0 aliphatic heterocycles. The Labute approximate surface area is 118 Å². The van der Waals surface area contributed by atoms with E-state index in [-0.39, 0.29) is 6.42 Å². The van der Waals surface area contributed by atoms with Crippen LogP contribution in [0.15, 0.2) is 24.3 Å². The number of carbonyl (C=O) groups excluding carboxylic acids is 1. The molecule has 1 atom stereocenters. The van der Waals surface area contributed by atoms with Crippen molar-refractivity contribution in [2.45, 2.75) is 25.1 Å². The van der Waals surface area contributed by atoms with Crippen LogP contribution in [0.4, 0.5) is 13.2 Å². The van der Waals surface area contributed by atoms with Gasteiger partial charge in [-0.25, -0.2) is 4.79 Å². The lowest BCUT2D eigenvalue weighted by Gasteiger charge is -2.18. The van der Waals surface area contributed by atoms with Crippen LogP contribution < -0.4 is 5.32 Å². The maximum absolute atomic E-state index is 12.3. The predicted molar refractivity (Wildman–Crippen MR) is 66.4 cm³/mol. The smallest absolute Gasteiger partial charge is 0.416 e. The number of aliphatic hydroxyl groups is 1. The van der Waals surface area contributed by atoms with Gasteiger partial charge in [0, 0.05) is 0 Å². The second-order valence-electron chi connectivity index (χ2n) is 4.73. The fourth-order valence-electron chi connectivity index (χ4n) is 1.41. The van der Waals surface area contributed by atoms with Gasteiger partial charge in [0.2, 0.25) is 5.91 Å². The number of nitrogens with one attached hydrogen (secondary N) is 1. The van der Waals surface area contributed by atoms with E-state index in [0.29, 0.717) is 5.56 Å². The first-order valence-electron chi connectivity index (χ1n) is 5.91. The molecule has 1 unspecified atom stereocenters. The lowest BCUT2D eigenvalue weighted by molar-refractivity contribution is -0.156. The van der Waals surface area contributed by atoms with Gasteiger partial charge in [0.05, 0.1) is 18.5 Å². The van der Waals surface area contributed by atoms with Gasteiger partial charge < -0.3 is 15.5 Å². The molecule has 116 valence electrons. The fourth-order valence-corrected chi connectivity index (χ4v) is 1.41.